The molecular formula is C11H24O2. The highest BCUT2D eigenvalue weighted by Crippen LogP contribution is 2.27. The molecule has 0 aliphatic heterocycles. The van der Waals surface area contributed by atoms with Gasteiger partial charge in [0.05, 0.1) is 5.60 Å². The highest BCUT2D eigenvalue weighted by molar-refractivity contribution is 4.79. The second-order valence-corrected chi connectivity index (χ2v) is 3.63. The molecule has 0 rings (SSSR count). The van der Waals surface area contributed by atoms with E-state index in [0.29, 0.717) is 0 Å². The Morgan fingerprint density at radius 3 is 1.77 bits per heavy atom. The molecule has 0 N–H and O–H groups in total. The zero-order valence-corrected chi connectivity index (χ0v) is 9.56. The quantitative estimate of drug-likeness (QED) is 0.583. The zero-order valence-electron chi connectivity index (χ0n) is 9.56. The van der Waals surface area contributed by atoms with E-state index in [1.165, 1.54) is 12.8 Å². The molecule has 0 unspecified atom stereocenters. The van der Waals surface area contributed by atoms with Crippen molar-refractivity contribution in [1.29, 1.82) is 0 Å². The van der Waals surface area contributed by atoms with Crippen molar-refractivity contribution in [2.24, 2.45) is 0 Å². The lowest BCUT2D eigenvalue weighted by Gasteiger charge is -2.32. The standard InChI is InChI=1S/C11H24O2/c1-5-7-11(13-4,8-6-2)9-10-12-3/h5-10H2,1-4H3. The summed E-state index contributed by atoms with van der Waals surface area (Å²) in [4.78, 5) is 0. The van der Waals surface area contributed by atoms with Crippen LogP contribution in [0, 0.1) is 0 Å². The van der Waals surface area contributed by atoms with E-state index in [0.717, 1.165) is 25.9 Å². The van der Waals surface area contributed by atoms with Gasteiger partial charge in [-0.05, 0) is 19.3 Å². The average Bonchev–Trinajstić information content (AvgIpc) is 2.15. The molecule has 0 aromatic rings. The number of hydrogen-bond acceptors (Lipinski definition) is 2. The maximum Gasteiger partial charge on any atom is 0.0700 e. The normalized spacial score (nSPS) is 12.0. The van der Waals surface area contributed by atoms with E-state index < -0.39 is 0 Å². The van der Waals surface area contributed by atoms with Crippen molar-refractivity contribution in [3.63, 3.8) is 0 Å². The summed E-state index contributed by atoms with van der Waals surface area (Å²) in [5, 5.41) is 0. The summed E-state index contributed by atoms with van der Waals surface area (Å²) >= 11 is 0. The van der Waals surface area contributed by atoms with E-state index in [4.69, 9.17) is 9.47 Å². The van der Waals surface area contributed by atoms with Gasteiger partial charge in [0.15, 0.2) is 0 Å². The van der Waals surface area contributed by atoms with E-state index in [-0.39, 0.29) is 5.60 Å². The molecule has 0 amide bonds. The van der Waals surface area contributed by atoms with Crippen LogP contribution in [-0.2, 0) is 9.47 Å². The largest absolute Gasteiger partial charge is 0.385 e. The van der Waals surface area contributed by atoms with Gasteiger partial charge in [-0.25, -0.2) is 0 Å². The highest BCUT2D eigenvalue weighted by Gasteiger charge is 2.27. The van der Waals surface area contributed by atoms with Crippen LogP contribution >= 0.6 is 0 Å². The van der Waals surface area contributed by atoms with Gasteiger partial charge in [0.2, 0.25) is 0 Å². The van der Waals surface area contributed by atoms with Gasteiger partial charge in [-0.15, -0.1) is 0 Å². The monoisotopic (exact) mass is 188 g/mol. The molecule has 0 bridgehead atoms. The molecule has 2 nitrogen and oxygen atoms in total. The van der Waals surface area contributed by atoms with Crippen molar-refractivity contribution in [1.82, 2.24) is 0 Å². The van der Waals surface area contributed by atoms with Crippen molar-refractivity contribution in [3.8, 4) is 0 Å². The predicted octanol–water partition coefficient (Wildman–Crippen LogP) is 3.01. The molecule has 2 heteroatoms. The molecule has 0 atom stereocenters. The molecule has 0 spiro atoms. The molecular weight excluding hydrogens is 164 g/mol. The summed E-state index contributed by atoms with van der Waals surface area (Å²) < 4.78 is 10.8. The second-order valence-electron chi connectivity index (χ2n) is 3.63. The Bertz CT molecular complexity index is 107. The van der Waals surface area contributed by atoms with Crippen LogP contribution in [0.2, 0.25) is 0 Å². The van der Waals surface area contributed by atoms with Gasteiger partial charge in [-0.1, -0.05) is 26.7 Å². The van der Waals surface area contributed by atoms with Gasteiger partial charge in [-0.2, -0.15) is 0 Å². The summed E-state index contributed by atoms with van der Waals surface area (Å²) in [5.41, 5.74) is 0.0690. The highest BCUT2D eigenvalue weighted by atomic mass is 16.5. The molecule has 0 heterocycles. The van der Waals surface area contributed by atoms with Gasteiger partial charge in [-0.3, -0.25) is 0 Å². The van der Waals surface area contributed by atoms with Crippen molar-refractivity contribution in [3.05, 3.63) is 0 Å². The van der Waals surface area contributed by atoms with E-state index in [9.17, 15) is 0 Å². The Hall–Kier alpha value is -0.0800. The lowest BCUT2D eigenvalue weighted by atomic mass is 9.89. The van der Waals surface area contributed by atoms with Crippen molar-refractivity contribution < 1.29 is 9.47 Å². The smallest absolute Gasteiger partial charge is 0.0700 e. The summed E-state index contributed by atoms with van der Waals surface area (Å²) in [6.07, 6.45) is 5.65. The predicted molar refractivity (Wildman–Crippen MR) is 56.0 cm³/mol. The molecule has 0 aromatic heterocycles. The van der Waals surface area contributed by atoms with Crippen LogP contribution in [0.3, 0.4) is 0 Å². The van der Waals surface area contributed by atoms with E-state index >= 15 is 0 Å². The Kier molecular flexibility index (Phi) is 7.29. The van der Waals surface area contributed by atoms with Crippen LogP contribution in [0.1, 0.15) is 46.0 Å². The molecule has 80 valence electrons. The SMILES string of the molecule is CCCC(CCC)(CCOC)OC. The van der Waals surface area contributed by atoms with Gasteiger partial charge in [0.25, 0.3) is 0 Å². The minimum atomic E-state index is 0.0690. The molecule has 0 radical (unpaired) electrons. The van der Waals surface area contributed by atoms with Gasteiger partial charge in [0, 0.05) is 20.8 Å². The van der Waals surface area contributed by atoms with E-state index in [2.05, 4.69) is 13.8 Å². The van der Waals surface area contributed by atoms with Gasteiger partial charge in [0.1, 0.15) is 0 Å². The Balaban J connectivity index is 4.07. The van der Waals surface area contributed by atoms with Crippen molar-refractivity contribution in [2.75, 3.05) is 20.8 Å². The molecule has 0 saturated carbocycles. The fourth-order valence-electron chi connectivity index (χ4n) is 1.88. The summed E-state index contributed by atoms with van der Waals surface area (Å²) in [5.74, 6) is 0. The zero-order chi connectivity index (χ0) is 10.2. The lowest BCUT2D eigenvalue weighted by molar-refractivity contribution is -0.0460. The van der Waals surface area contributed by atoms with Crippen molar-refractivity contribution >= 4 is 0 Å². The topological polar surface area (TPSA) is 18.5 Å². The third-order valence-corrected chi connectivity index (χ3v) is 2.61. The maximum atomic E-state index is 5.64. The third kappa shape index (κ3) is 4.63. The summed E-state index contributed by atoms with van der Waals surface area (Å²) in [6.45, 7) is 5.21. The Morgan fingerprint density at radius 2 is 1.46 bits per heavy atom. The summed E-state index contributed by atoms with van der Waals surface area (Å²) in [6, 6.07) is 0. The van der Waals surface area contributed by atoms with Crippen LogP contribution < -0.4 is 0 Å². The van der Waals surface area contributed by atoms with Crippen LogP contribution in [-0.4, -0.2) is 26.4 Å². The second kappa shape index (κ2) is 7.34. The minimum absolute atomic E-state index is 0.0690. The maximum absolute atomic E-state index is 5.64. The number of ether oxygens (including phenoxy) is 2. The van der Waals surface area contributed by atoms with Crippen molar-refractivity contribution in [2.45, 2.75) is 51.6 Å². The Morgan fingerprint density at radius 1 is 0.923 bits per heavy atom. The van der Waals surface area contributed by atoms with Crippen LogP contribution in [0.15, 0.2) is 0 Å². The first kappa shape index (κ1) is 12.9. The first-order valence-corrected chi connectivity index (χ1v) is 5.28. The molecule has 13 heavy (non-hydrogen) atoms. The number of hydrogen-bond donors (Lipinski definition) is 0. The van der Waals surface area contributed by atoms with Gasteiger partial charge >= 0.3 is 0 Å². The van der Waals surface area contributed by atoms with E-state index in [1.807, 2.05) is 7.11 Å². The molecule has 0 fully saturated rings. The fourth-order valence-corrected chi connectivity index (χ4v) is 1.88. The minimum Gasteiger partial charge on any atom is -0.385 e. The lowest BCUT2D eigenvalue weighted by Crippen LogP contribution is -2.32. The molecule has 0 aliphatic rings. The van der Waals surface area contributed by atoms with E-state index in [1.54, 1.807) is 7.11 Å². The molecule has 0 aliphatic carbocycles. The van der Waals surface area contributed by atoms with Crippen LogP contribution in [0.5, 0.6) is 0 Å². The van der Waals surface area contributed by atoms with Crippen LogP contribution in [0.4, 0.5) is 0 Å². The first-order valence-electron chi connectivity index (χ1n) is 5.28. The number of methoxy groups -OCH3 is 2. The van der Waals surface area contributed by atoms with Gasteiger partial charge < -0.3 is 9.47 Å². The first-order chi connectivity index (χ1) is 6.24. The molecule has 0 saturated heterocycles. The van der Waals surface area contributed by atoms with Crippen LogP contribution in [0.25, 0.3) is 0 Å². The third-order valence-electron chi connectivity index (χ3n) is 2.61. The summed E-state index contributed by atoms with van der Waals surface area (Å²) in [7, 11) is 3.57. The Labute approximate surface area is 82.6 Å². The average molecular weight is 188 g/mol. The molecule has 0 aromatic carbocycles. The fraction of sp³-hybridized carbons (Fsp3) is 1.00. The number of rotatable bonds is 8.